The summed E-state index contributed by atoms with van der Waals surface area (Å²) in [6.45, 7) is 2.05. The van der Waals surface area contributed by atoms with Crippen LogP contribution >= 0.6 is 22.6 Å². The van der Waals surface area contributed by atoms with Crippen molar-refractivity contribution in [3.8, 4) is 0 Å². The second-order valence-corrected chi connectivity index (χ2v) is 4.85. The van der Waals surface area contributed by atoms with Crippen molar-refractivity contribution in [3.05, 3.63) is 35.9 Å². The second kappa shape index (κ2) is 5.52. The number of carbonyl (C=O) groups is 1. The summed E-state index contributed by atoms with van der Waals surface area (Å²) >= 11 is 2.35. The molecule has 0 radical (unpaired) electrons. The first-order chi connectivity index (χ1) is 7.79. The summed E-state index contributed by atoms with van der Waals surface area (Å²) in [6.07, 6.45) is -0.190. The molecule has 0 aliphatic carbocycles. The molecule has 0 saturated carbocycles. The molecule has 1 aliphatic heterocycles. The van der Waals surface area contributed by atoms with Crippen molar-refractivity contribution >= 4 is 28.7 Å². The Labute approximate surface area is 109 Å². The second-order valence-electron chi connectivity index (χ2n) is 3.97. The summed E-state index contributed by atoms with van der Waals surface area (Å²) in [4.78, 5) is 13.3. The maximum absolute atomic E-state index is 11.6. The molecule has 0 aromatic heterocycles. The molecule has 1 aliphatic rings. The predicted octanol–water partition coefficient (Wildman–Crippen LogP) is 2.69. The van der Waals surface area contributed by atoms with E-state index in [1.54, 1.807) is 4.90 Å². The van der Waals surface area contributed by atoms with E-state index >= 15 is 0 Å². The number of halogens is 1. The van der Waals surface area contributed by atoms with Gasteiger partial charge in [-0.3, -0.25) is 0 Å². The molecule has 3 nitrogen and oxygen atoms in total. The molecule has 4 heteroatoms. The Balaban J connectivity index is 1.73. The SMILES string of the molecule is O=C(OCc1ccccc1)N1CC(CI)C1. The quantitative estimate of drug-likeness (QED) is 0.630. The number of rotatable bonds is 3. The van der Waals surface area contributed by atoms with E-state index in [-0.39, 0.29) is 6.09 Å². The highest BCUT2D eigenvalue weighted by molar-refractivity contribution is 14.1. The number of ether oxygens (including phenoxy) is 1. The maximum atomic E-state index is 11.6. The van der Waals surface area contributed by atoms with Crippen LogP contribution in [0.1, 0.15) is 5.56 Å². The van der Waals surface area contributed by atoms with Crippen LogP contribution in [-0.2, 0) is 11.3 Å². The fraction of sp³-hybridized carbons (Fsp3) is 0.417. The number of benzene rings is 1. The van der Waals surface area contributed by atoms with Crippen molar-refractivity contribution in [2.75, 3.05) is 17.5 Å². The monoisotopic (exact) mass is 331 g/mol. The zero-order chi connectivity index (χ0) is 11.4. The highest BCUT2D eigenvalue weighted by atomic mass is 127. The van der Waals surface area contributed by atoms with Crippen LogP contribution in [0.3, 0.4) is 0 Å². The normalized spacial score (nSPS) is 15.7. The van der Waals surface area contributed by atoms with Gasteiger partial charge in [0.05, 0.1) is 0 Å². The topological polar surface area (TPSA) is 29.5 Å². The van der Waals surface area contributed by atoms with Gasteiger partial charge in [0, 0.05) is 23.4 Å². The van der Waals surface area contributed by atoms with Crippen LogP contribution in [0.5, 0.6) is 0 Å². The van der Waals surface area contributed by atoms with Gasteiger partial charge in [-0.15, -0.1) is 0 Å². The highest BCUT2D eigenvalue weighted by Crippen LogP contribution is 2.18. The average Bonchev–Trinajstić information content (AvgIpc) is 2.26. The van der Waals surface area contributed by atoms with Gasteiger partial charge >= 0.3 is 6.09 Å². The molecule has 1 amide bonds. The highest BCUT2D eigenvalue weighted by Gasteiger charge is 2.30. The molecule has 1 aromatic rings. The third-order valence-electron chi connectivity index (χ3n) is 2.64. The minimum Gasteiger partial charge on any atom is -0.445 e. The Morgan fingerprint density at radius 3 is 2.69 bits per heavy atom. The summed E-state index contributed by atoms with van der Waals surface area (Å²) < 4.78 is 6.32. The van der Waals surface area contributed by atoms with Gasteiger partial charge in [-0.2, -0.15) is 0 Å². The average molecular weight is 331 g/mol. The van der Waals surface area contributed by atoms with E-state index in [0.29, 0.717) is 12.5 Å². The maximum Gasteiger partial charge on any atom is 0.410 e. The fourth-order valence-electron chi connectivity index (χ4n) is 1.63. The molecule has 0 N–H and O–H groups in total. The van der Waals surface area contributed by atoms with E-state index < -0.39 is 0 Å². The molecule has 0 spiro atoms. The lowest BCUT2D eigenvalue weighted by atomic mass is 10.0. The fourth-order valence-corrected chi connectivity index (χ4v) is 2.18. The zero-order valence-electron chi connectivity index (χ0n) is 8.93. The molecule has 1 saturated heterocycles. The van der Waals surface area contributed by atoms with Crippen LogP contribution in [-0.4, -0.2) is 28.5 Å². The van der Waals surface area contributed by atoms with Gasteiger partial charge in [-0.05, 0) is 5.56 Å². The zero-order valence-corrected chi connectivity index (χ0v) is 11.1. The van der Waals surface area contributed by atoms with Crippen molar-refractivity contribution in [1.82, 2.24) is 4.90 Å². The van der Waals surface area contributed by atoms with E-state index in [1.165, 1.54) is 0 Å². The minimum absolute atomic E-state index is 0.190. The molecule has 1 heterocycles. The summed E-state index contributed by atoms with van der Waals surface area (Å²) in [5, 5.41) is 0. The molecular weight excluding hydrogens is 317 g/mol. The molecule has 0 unspecified atom stereocenters. The van der Waals surface area contributed by atoms with Crippen LogP contribution in [0.2, 0.25) is 0 Å². The van der Waals surface area contributed by atoms with Crippen LogP contribution in [0.15, 0.2) is 30.3 Å². The Morgan fingerprint density at radius 2 is 2.06 bits per heavy atom. The number of hydrogen-bond donors (Lipinski definition) is 0. The Kier molecular flexibility index (Phi) is 4.04. The largest absolute Gasteiger partial charge is 0.445 e. The summed E-state index contributed by atoms with van der Waals surface area (Å²) in [7, 11) is 0. The van der Waals surface area contributed by atoms with Gasteiger partial charge in [0.15, 0.2) is 0 Å². The Bertz CT molecular complexity index is 349. The molecule has 16 heavy (non-hydrogen) atoms. The Morgan fingerprint density at radius 1 is 1.38 bits per heavy atom. The van der Waals surface area contributed by atoms with Gasteiger partial charge in [-0.25, -0.2) is 4.79 Å². The first-order valence-corrected chi connectivity index (χ1v) is 6.83. The van der Waals surface area contributed by atoms with Crippen LogP contribution in [0.4, 0.5) is 4.79 Å². The van der Waals surface area contributed by atoms with Crippen LogP contribution in [0.25, 0.3) is 0 Å². The molecule has 1 fully saturated rings. The van der Waals surface area contributed by atoms with Gasteiger partial charge < -0.3 is 9.64 Å². The molecule has 0 atom stereocenters. The van der Waals surface area contributed by atoms with Crippen molar-refractivity contribution in [2.24, 2.45) is 5.92 Å². The standard InChI is InChI=1S/C12H14INO2/c13-6-11-7-14(8-11)12(15)16-9-10-4-2-1-3-5-10/h1-5,11H,6-9H2. The molecule has 1 aromatic carbocycles. The molecule has 86 valence electrons. The van der Waals surface area contributed by atoms with Gasteiger partial charge in [0.25, 0.3) is 0 Å². The lowest BCUT2D eigenvalue weighted by molar-refractivity contribution is 0.0560. The minimum atomic E-state index is -0.190. The number of hydrogen-bond acceptors (Lipinski definition) is 2. The van der Waals surface area contributed by atoms with Gasteiger partial charge in [0.1, 0.15) is 6.61 Å². The first-order valence-electron chi connectivity index (χ1n) is 5.31. The van der Waals surface area contributed by atoms with E-state index in [9.17, 15) is 4.79 Å². The number of alkyl halides is 1. The molecular formula is C12H14INO2. The summed E-state index contributed by atoms with van der Waals surface area (Å²) in [5.74, 6) is 0.657. The lowest BCUT2D eigenvalue weighted by Gasteiger charge is -2.37. The van der Waals surface area contributed by atoms with Gasteiger partial charge in [-0.1, -0.05) is 52.9 Å². The summed E-state index contributed by atoms with van der Waals surface area (Å²) in [6, 6.07) is 9.75. The number of amides is 1. The van der Waals surface area contributed by atoms with Crippen LogP contribution in [0, 0.1) is 5.92 Å². The number of carbonyl (C=O) groups excluding carboxylic acids is 1. The van der Waals surface area contributed by atoms with E-state index in [0.717, 1.165) is 23.1 Å². The lowest BCUT2D eigenvalue weighted by Crippen LogP contribution is -2.50. The van der Waals surface area contributed by atoms with Crippen molar-refractivity contribution in [1.29, 1.82) is 0 Å². The third kappa shape index (κ3) is 2.87. The first kappa shape index (κ1) is 11.7. The van der Waals surface area contributed by atoms with E-state index in [2.05, 4.69) is 22.6 Å². The Hall–Kier alpha value is -0.780. The predicted molar refractivity (Wildman–Crippen MR) is 70.6 cm³/mol. The third-order valence-corrected chi connectivity index (χ3v) is 3.88. The smallest absolute Gasteiger partial charge is 0.410 e. The van der Waals surface area contributed by atoms with Crippen molar-refractivity contribution in [2.45, 2.75) is 6.61 Å². The van der Waals surface area contributed by atoms with Gasteiger partial charge in [0.2, 0.25) is 0 Å². The summed E-state index contributed by atoms with van der Waals surface area (Å²) in [5.41, 5.74) is 1.03. The van der Waals surface area contributed by atoms with Crippen molar-refractivity contribution < 1.29 is 9.53 Å². The van der Waals surface area contributed by atoms with E-state index in [1.807, 2.05) is 30.3 Å². The van der Waals surface area contributed by atoms with Crippen LogP contribution < -0.4 is 0 Å². The number of nitrogens with zero attached hydrogens (tertiary/aromatic N) is 1. The molecule has 0 bridgehead atoms. The van der Waals surface area contributed by atoms with E-state index in [4.69, 9.17) is 4.74 Å². The van der Waals surface area contributed by atoms with Crippen molar-refractivity contribution in [3.63, 3.8) is 0 Å². The number of likely N-dealkylation sites (tertiary alicyclic amines) is 1. The molecule has 2 rings (SSSR count).